The highest BCUT2D eigenvalue weighted by Gasteiger charge is 2.14. The van der Waals surface area contributed by atoms with E-state index in [9.17, 15) is 9.18 Å². The number of H-pyrrole nitrogens is 1. The van der Waals surface area contributed by atoms with E-state index in [-0.39, 0.29) is 24.2 Å². The fraction of sp³-hybridized carbons (Fsp3) is 0.105. The summed E-state index contributed by atoms with van der Waals surface area (Å²) in [6.45, 7) is 1.86. The van der Waals surface area contributed by atoms with Crippen LogP contribution in [-0.2, 0) is 6.54 Å². The van der Waals surface area contributed by atoms with Gasteiger partial charge < -0.3 is 14.8 Å². The summed E-state index contributed by atoms with van der Waals surface area (Å²) in [6, 6.07) is 11.5. The highest BCUT2D eigenvalue weighted by molar-refractivity contribution is 6.30. The van der Waals surface area contributed by atoms with Gasteiger partial charge in [-0.25, -0.2) is 4.39 Å². The molecule has 2 N–H and O–H groups in total. The first kappa shape index (κ1) is 17.2. The van der Waals surface area contributed by atoms with Crippen LogP contribution in [0, 0.1) is 12.7 Å². The number of hydrogen-bond donors (Lipinski definition) is 2. The van der Waals surface area contributed by atoms with Crippen LogP contribution in [0.2, 0.25) is 5.02 Å². The van der Waals surface area contributed by atoms with Crippen LogP contribution in [0.3, 0.4) is 0 Å². The molecule has 0 saturated heterocycles. The smallest absolute Gasteiger partial charge is 0.268 e. The lowest BCUT2D eigenvalue weighted by atomic mass is 10.1. The minimum atomic E-state index is -0.352. The van der Waals surface area contributed by atoms with E-state index in [0.717, 1.165) is 16.5 Å². The predicted molar refractivity (Wildman–Crippen MR) is 98.9 cm³/mol. The number of carbonyl (C=O) groups excluding carboxylic acids is 1. The molecule has 136 valence electrons. The van der Waals surface area contributed by atoms with Crippen LogP contribution in [0.1, 0.15) is 21.9 Å². The van der Waals surface area contributed by atoms with Crippen molar-refractivity contribution in [2.45, 2.75) is 13.5 Å². The molecule has 0 saturated carbocycles. The second-order valence-corrected chi connectivity index (χ2v) is 6.50. The van der Waals surface area contributed by atoms with E-state index in [4.69, 9.17) is 16.1 Å². The van der Waals surface area contributed by atoms with Crippen LogP contribution in [0.15, 0.2) is 47.0 Å². The molecule has 4 rings (SSSR count). The van der Waals surface area contributed by atoms with Gasteiger partial charge in [-0.1, -0.05) is 16.8 Å². The molecule has 1 amide bonds. The molecular formula is C19H14ClFN4O2. The highest BCUT2D eigenvalue weighted by Crippen LogP contribution is 2.21. The topological polar surface area (TPSA) is 83.8 Å². The standard InChI is InChI=1S/C19H14ClFN4O2/c1-10-6-13(21)7-15-14(10)8-16(23-15)19(26)22-9-17-24-18(25-27-17)11-2-4-12(20)5-3-11/h2-8,23H,9H2,1H3,(H,22,26). The van der Waals surface area contributed by atoms with E-state index in [1.54, 1.807) is 37.3 Å². The van der Waals surface area contributed by atoms with Crippen molar-refractivity contribution in [3.05, 3.63) is 70.5 Å². The Bertz CT molecular complexity index is 1130. The monoisotopic (exact) mass is 384 g/mol. The number of aromatic amines is 1. The molecule has 4 aromatic rings. The summed E-state index contributed by atoms with van der Waals surface area (Å²) in [6.07, 6.45) is 0. The average Bonchev–Trinajstić information content (AvgIpc) is 3.27. The number of nitrogens with zero attached hydrogens (tertiary/aromatic N) is 2. The SMILES string of the molecule is Cc1cc(F)cc2[nH]c(C(=O)NCc3nc(-c4ccc(Cl)cc4)no3)cc12. The third-order valence-electron chi connectivity index (χ3n) is 4.12. The van der Waals surface area contributed by atoms with Gasteiger partial charge in [-0.2, -0.15) is 4.98 Å². The molecule has 8 heteroatoms. The molecule has 27 heavy (non-hydrogen) atoms. The summed E-state index contributed by atoms with van der Waals surface area (Å²) in [4.78, 5) is 19.5. The molecule has 0 aliphatic heterocycles. The summed E-state index contributed by atoms with van der Waals surface area (Å²) < 4.78 is 18.6. The Morgan fingerprint density at radius 2 is 2.04 bits per heavy atom. The number of amides is 1. The summed E-state index contributed by atoms with van der Waals surface area (Å²) in [5.74, 6) is -0.0223. The average molecular weight is 385 g/mol. The van der Waals surface area contributed by atoms with Crippen molar-refractivity contribution in [2.75, 3.05) is 0 Å². The summed E-state index contributed by atoms with van der Waals surface area (Å²) >= 11 is 5.86. The van der Waals surface area contributed by atoms with Crippen molar-refractivity contribution in [1.29, 1.82) is 0 Å². The summed E-state index contributed by atoms with van der Waals surface area (Å²) in [5, 5.41) is 8.01. The van der Waals surface area contributed by atoms with E-state index >= 15 is 0 Å². The minimum Gasteiger partial charge on any atom is -0.350 e. The zero-order chi connectivity index (χ0) is 19.0. The molecule has 0 aliphatic rings. The van der Waals surface area contributed by atoms with Gasteiger partial charge in [0.1, 0.15) is 11.5 Å². The maximum absolute atomic E-state index is 13.5. The number of halogens is 2. The zero-order valence-corrected chi connectivity index (χ0v) is 15.0. The van der Waals surface area contributed by atoms with Crippen LogP contribution in [0.5, 0.6) is 0 Å². The quantitative estimate of drug-likeness (QED) is 0.551. The number of benzene rings is 2. The zero-order valence-electron chi connectivity index (χ0n) is 14.2. The molecule has 2 aromatic carbocycles. The molecule has 0 radical (unpaired) electrons. The number of nitrogens with one attached hydrogen (secondary N) is 2. The maximum atomic E-state index is 13.5. The molecule has 0 spiro atoms. The molecule has 2 aromatic heterocycles. The Morgan fingerprint density at radius 1 is 1.26 bits per heavy atom. The number of carbonyl (C=O) groups is 1. The Labute approximate surface area is 158 Å². The van der Waals surface area contributed by atoms with Crippen LogP contribution in [-0.4, -0.2) is 21.0 Å². The lowest BCUT2D eigenvalue weighted by Crippen LogP contribution is -2.23. The van der Waals surface area contributed by atoms with E-state index in [2.05, 4.69) is 20.4 Å². The van der Waals surface area contributed by atoms with Gasteiger partial charge >= 0.3 is 0 Å². The fourth-order valence-electron chi connectivity index (χ4n) is 2.79. The minimum absolute atomic E-state index is 0.0716. The Kier molecular flexibility index (Phi) is 4.37. The van der Waals surface area contributed by atoms with Crippen molar-refractivity contribution in [2.24, 2.45) is 0 Å². The van der Waals surface area contributed by atoms with Gasteiger partial charge in [0.05, 0.1) is 6.54 Å². The van der Waals surface area contributed by atoms with E-state index in [1.807, 2.05) is 0 Å². The molecule has 2 heterocycles. The van der Waals surface area contributed by atoms with Crippen molar-refractivity contribution in [3.63, 3.8) is 0 Å². The van der Waals surface area contributed by atoms with Gasteiger partial charge in [0.2, 0.25) is 11.7 Å². The molecule has 0 atom stereocenters. The molecule has 0 aliphatic carbocycles. The Morgan fingerprint density at radius 3 is 2.81 bits per heavy atom. The van der Waals surface area contributed by atoms with Crippen molar-refractivity contribution in [1.82, 2.24) is 20.4 Å². The van der Waals surface area contributed by atoms with Crippen LogP contribution >= 0.6 is 11.6 Å². The Balaban J connectivity index is 1.47. The lowest BCUT2D eigenvalue weighted by Gasteiger charge is -1.99. The van der Waals surface area contributed by atoms with E-state index in [0.29, 0.717) is 22.1 Å². The van der Waals surface area contributed by atoms with E-state index in [1.165, 1.54) is 12.1 Å². The summed E-state index contributed by atoms with van der Waals surface area (Å²) in [7, 11) is 0. The van der Waals surface area contributed by atoms with Crippen LogP contribution in [0.25, 0.3) is 22.3 Å². The molecule has 0 bridgehead atoms. The Hall–Kier alpha value is -3.19. The number of fused-ring (bicyclic) bond motifs is 1. The number of rotatable bonds is 4. The normalized spacial score (nSPS) is 11.1. The third kappa shape index (κ3) is 3.54. The van der Waals surface area contributed by atoms with Gasteiger partial charge in [-0.05, 0) is 55.0 Å². The van der Waals surface area contributed by atoms with Crippen molar-refractivity contribution in [3.8, 4) is 11.4 Å². The maximum Gasteiger partial charge on any atom is 0.268 e. The first-order valence-electron chi connectivity index (χ1n) is 8.15. The van der Waals surface area contributed by atoms with Gasteiger partial charge in [0, 0.05) is 21.5 Å². The first-order valence-corrected chi connectivity index (χ1v) is 8.53. The molecular weight excluding hydrogens is 371 g/mol. The van der Waals surface area contributed by atoms with Crippen LogP contribution in [0.4, 0.5) is 4.39 Å². The predicted octanol–water partition coefficient (Wildman–Crippen LogP) is 4.25. The number of hydrogen-bond acceptors (Lipinski definition) is 4. The molecule has 0 unspecified atom stereocenters. The largest absolute Gasteiger partial charge is 0.350 e. The lowest BCUT2D eigenvalue weighted by molar-refractivity contribution is 0.0942. The third-order valence-corrected chi connectivity index (χ3v) is 4.38. The van der Waals surface area contributed by atoms with Gasteiger partial charge in [-0.15, -0.1) is 0 Å². The summed E-state index contributed by atoms with van der Waals surface area (Å²) in [5.41, 5.74) is 2.41. The van der Waals surface area contributed by atoms with Gasteiger partial charge in [-0.3, -0.25) is 4.79 Å². The van der Waals surface area contributed by atoms with E-state index < -0.39 is 0 Å². The molecule has 0 fully saturated rings. The fourth-order valence-corrected chi connectivity index (χ4v) is 2.92. The second kappa shape index (κ2) is 6.85. The van der Waals surface area contributed by atoms with Crippen LogP contribution < -0.4 is 5.32 Å². The highest BCUT2D eigenvalue weighted by atomic mass is 35.5. The van der Waals surface area contributed by atoms with Crippen molar-refractivity contribution < 1.29 is 13.7 Å². The number of aromatic nitrogens is 3. The second-order valence-electron chi connectivity index (χ2n) is 6.07. The first-order chi connectivity index (χ1) is 13.0. The van der Waals surface area contributed by atoms with Gasteiger partial charge in [0.25, 0.3) is 5.91 Å². The molecule has 6 nitrogen and oxygen atoms in total. The number of aryl methyl sites for hydroxylation is 1. The van der Waals surface area contributed by atoms with Gasteiger partial charge in [0.15, 0.2) is 0 Å². The van der Waals surface area contributed by atoms with Crippen molar-refractivity contribution >= 4 is 28.4 Å².